The van der Waals surface area contributed by atoms with Gasteiger partial charge in [-0.25, -0.2) is 0 Å². The first-order valence-corrected chi connectivity index (χ1v) is 5.61. The Morgan fingerprint density at radius 3 is 2.39 bits per heavy atom. The lowest BCUT2D eigenvalue weighted by Gasteiger charge is -2.34. The van der Waals surface area contributed by atoms with Gasteiger partial charge in [-0.15, -0.1) is 0 Å². The molecule has 0 amide bonds. The lowest BCUT2D eigenvalue weighted by Crippen LogP contribution is -2.43. The van der Waals surface area contributed by atoms with Crippen LogP contribution in [0.3, 0.4) is 0 Å². The third-order valence-electron chi connectivity index (χ3n) is 2.88. The molecule has 1 unspecified atom stereocenters. The summed E-state index contributed by atoms with van der Waals surface area (Å²) in [6.07, 6.45) is 0.437. The first-order valence-electron chi connectivity index (χ1n) is 5.61. The van der Waals surface area contributed by atoms with Gasteiger partial charge in [0.1, 0.15) is 5.69 Å². The molecule has 0 spiro atoms. The zero-order valence-corrected chi connectivity index (χ0v) is 9.72. The van der Waals surface area contributed by atoms with Crippen molar-refractivity contribution in [2.75, 3.05) is 24.6 Å². The van der Waals surface area contributed by atoms with E-state index in [0.29, 0.717) is 6.42 Å². The molecule has 0 radical (unpaired) electrons. The summed E-state index contributed by atoms with van der Waals surface area (Å²) in [5.41, 5.74) is -0.707. The number of ether oxygens (including phenoxy) is 1. The fourth-order valence-electron chi connectivity index (χ4n) is 1.92. The van der Waals surface area contributed by atoms with Gasteiger partial charge in [0.15, 0.2) is 0 Å². The van der Waals surface area contributed by atoms with E-state index in [0.717, 1.165) is 0 Å². The van der Waals surface area contributed by atoms with Crippen molar-refractivity contribution in [1.82, 2.24) is 4.98 Å². The maximum Gasteiger partial charge on any atom is 0.253 e. The van der Waals surface area contributed by atoms with Gasteiger partial charge in [-0.2, -0.15) is 22.5 Å². The van der Waals surface area contributed by atoms with Gasteiger partial charge >= 0.3 is 0 Å². The third kappa shape index (κ3) is 2.27. The van der Waals surface area contributed by atoms with Crippen molar-refractivity contribution in [3.8, 4) is 0 Å². The van der Waals surface area contributed by atoms with Crippen LogP contribution in [0, 0.1) is 23.5 Å². The smallest absolute Gasteiger partial charge is 0.253 e. The van der Waals surface area contributed by atoms with Crippen molar-refractivity contribution in [2.45, 2.75) is 19.4 Å². The quantitative estimate of drug-likeness (QED) is 0.605. The predicted molar refractivity (Wildman–Crippen MR) is 56.3 cm³/mol. The highest BCUT2D eigenvalue weighted by Crippen LogP contribution is 2.27. The van der Waals surface area contributed by atoms with Crippen molar-refractivity contribution in [3.05, 3.63) is 23.5 Å². The van der Waals surface area contributed by atoms with Crippen LogP contribution in [0.15, 0.2) is 0 Å². The Labute approximate surface area is 101 Å². The van der Waals surface area contributed by atoms with Crippen LogP contribution in [0.25, 0.3) is 0 Å². The molecule has 1 fully saturated rings. The van der Waals surface area contributed by atoms with Crippen molar-refractivity contribution < 1.29 is 22.3 Å². The summed E-state index contributed by atoms with van der Waals surface area (Å²) in [6, 6.07) is 0. The lowest BCUT2D eigenvalue weighted by molar-refractivity contribution is 0.0378. The van der Waals surface area contributed by atoms with Gasteiger partial charge in [0, 0.05) is 13.1 Å². The summed E-state index contributed by atoms with van der Waals surface area (Å²) in [5, 5.41) is 0. The predicted octanol–water partition coefficient (Wildman–Crippen LogP) is 2.25. The molecule has 0 aliphatic carbocycles. The zero-order valence-electron chi connectivity index (χ0n) is 9.72. The van der Waals surface area contributed by atoms with Gasteiger partial charge in [-0.05, 0) is 6.42 Å². The Morgan fingerprint density at radius 2 is 1.83 bits per heavy atom. The second kappa shape index (κ2) is 5.09. The van der Waals surface area contributed by atoms with E-state index in [9.17, 15) is 17.6 Å². The fourth-order valence-corrected chi connectivity index (χ4v) is 1.92. The number of morpholine rings is 1. The SMILES string of the molecule is CCC1CN(c2c(F)c(F)nc(F)c2F)CCO1. The van der Waals surface area contributed by atoms with E-state index < -0.39 is 29.2 Å². The molecule has 0 bridgehead atoms. The number of hydrogen-bond donors (Lipinski definition) is 0. The molecule has 1 aromatic rings. The molecule has 2 heterocycles. The van der Waals surface area contributed by atoms with Gasteiger partial charge in [0.2, 0.25) is 11.6 Å². The first kappa shape index (κ1) is 13.1. The van der Waals surface area contributed by atoms with Gasteiger partial charge in [-0.3, -0.25) is 0 Å². The molecule has 0 aromatic carbocycles. The monoisotopic (exact) mass is 264 g/mol. The van der Waals surface area contributed by atoms with E-state index in [-0.39, 0.29) is 25.8 Å². The van der Waals surface area contributed by atoms with E-state index in [1.807, 2.05) is 6.92 Å². The van der Waals surface area contributed by atoms with Gasteiger partial charge in [0.05, 0.1) is 12.7 Å². The standard InChI is InChI=1S/C11H12F4N2O/c1-2-6-5-17(3-4-18-6)9-7(12)10(14)16-11(15)8(9)13/h6H,2-5H2,1H3. The minimum Gasteiger partial charge on any atom is -0.375 e. The van der Waals surface area contributed by atoms with E-state index in [1.165, 1.54) is 4.90 Å². The summed E-state index contributed by atoms with van der Waals surface area (Å²) >= 11 is 0. The van der Waals surface area contributed by atoms with Crippen LogP contribution in [-0.2, 0) is 4.74 Å². The number of rotatable bonds is 2. The van der Waals surface area contributed by atoms with Gasteiger partial charge in [-0.1, -0.05) is 6.92 Å². The van der Waals surface area contributed by atoms with E-state index in [4.69, 9.17) is 4.74 Å². The lowest BCUT2D eigenvalue weighted by atomic mass is 10.2. The number of halogens is 4. The average molecular weight is 264 g/mol. The number of anilines is 1. The van der Waals surface area contributed by atoms with Crippen LogP contribution in [0.5, 0.6) is 0 Å². The molecule has 1 aliphatic heterocycles. The van der Waals surface area contributed by atoms with Crippen LogP contribution < -0.4 is 4.90 Å². The van der Waals surface area contributed by atoms with Crippen molar-refractivity contribution in [2.24, 2.45) is 0 Å². The van der Waals surface area contributed by atoms with E-state index >= 15 is 0 Å². The highest BCUT2D eigenvalue weighted by molar-refractivity contribution is 5.49. The topological polar surface area (TPSA) is 25.4 Å². The summed E-state index contributed by atoms with van der Waals surface area (Å²) in [4.78, 5) is 3.77. The van der Waals surface area contributed by atoms with Crippen molar-refractivity contribution in [1.29, 1.82) is 0 Å². The highest BCUT2D eigenvalue weighted by Gasteiger charge is 2.28. The van der Waals surface area contributed by atoms with Crippen molar-refractivity contribution >= 4 is 5.69 Å². The number of aromatic nitrogens is 1. The Balaban J connectivity index is 2.38. The minimum absolute atomic E-state index is 0.174. The Hall–Kier alpha value is -1.37. The second-order valence-corrected chi connectivity index (χ2v) is 4.02. The molecular formula is C11H12F4N2O. The largest absolute Gasteiger partial charge is 0.375 e. The van der Waals surface area contributed by atoms with Crippen LogP contribution in [0.1, 0.15) is 13.3 Å². The van der Waals surface area contributed by atoms with Crippen LogP contribution >= 0.6 is 0 Å². The number of hydrogen-bond acceptors (Lipinski definition) is 3. The average Bonchev–Trinajstić information content (AvgIpc) is 2.37. The fraction of sp³-hybridized carbons (Fsp3) is 0.545. The zero-order chi connectivity index (χ0) is 13.3. The molecule has 2 rings (SSSR count). The molecule has 1 atom stereocenters. The molecule has 7 heteroatoms. The normalized spacial score (nSPS) is 20.3. The maximum absolute atomic E-state index is 13.5. The first-order chi connectivity index (χ1) is 8.54. The molecule has 1 aromatic heterocycles. The van der Waals surface area contributed by atoms with Gasteiger partial charge < -0.3 is 9.64 Å². The van der Waals surface area contributed by atoms with Crippen molar-refractivity contribution in [3.63, 3.8) is 0 Å². The number of nitrogens with zero attached hydrogens (tertiary/aromatic N) is 2. The van der Waals surface area contributed by atoms with Crippen LogP contribution in [0.2, 0.25) is 0 Å². The summed E-state index contributed by atoms with van der Waals surface area (Å²) in [6.45, 7) is 2.47. The van der Waals surface area contributed by atoms with Crippen LogP contribution in [-0.4, -0.2) is 30.8 Å². The molecule has 0 saturated carbocycles. The Morgan fingerprint density at radius 1 is 1.22 bits per heavy atom. The minimum atomic E-state index is -1.64. The summed E-state index contributed by atoms with van der Waals surface area (Å²) in [7, 11) is 0. The van der Waals surface area contributed by atoms with Crippen LogP contribution in [0.4, 0.5) is 23.2 Å². The Bertz CT molecular complexity index is 429. The maximum atomic E-state index is 13.5. The van der Waals surface area contributed by atoms with E-state index in [1.54, 1.807) is 0 Å². The molecule has 1 aliphatic rings. The number of pyridine rings is 1. The van der Waals surface area contributed by atoms with Gasteiger partial charge in [0.25, 0.3) is 11.9 Å². The molecule has 0 N–H and O–H groups in total. The highest BCUT2D eigenvalue weighted by atomic mass is 19.2. The molecule has 3 nitrogen and oxygen atoms in total. The van der Waals surface area contributed by atoms with E-state index in [2.05, 4.69) is 4.98 Å². The molecular weight excluding hydrogens is 252 g/mol. The third-order valence-corrected chi connectivity index (χ3v) is 2.88. The summed E-state index contributed by atoms with van der Waals surface area (Å²) in [5.74, 6) is -6.21. The summed E-state index contributed by atoms with van der Waals surface area (Å²) < 4.78 is 58.4. The molecule has 1 saturated heterocycles. The molecule has 100 valence electrons. The second-order valence-electron chi connectivity index (χ2n) is 4.02. The Kier molecular flexibility index (Phi) is 3.70. The molecule has 18 heavy (non-hydrogen) atoms.